The van der Waals surface area contributed by atoms with Crippen LogP contribution in [0.2, 0.25) is 0 Å². The number of nitrogens with one attached hydrogen (secondary N) is 1. The van der Waals surface area contributed by atoms with Gasteiger partial charge < -0.3 is 4.74 Å². The third-order valence-corrected chi connectivity index (χ3v) is 1.06. The van der Waals surface area contributed by atoms with Crippen molar-refractivity contribution in [2.75, 3.05) is 7.11 Å². The van der Waals surface area contributed by atoms with Crippen LogP contribution >= 0.6 is 0 Å². The summed E-state index contributed by atoms with van der Waals surface area (Å²) in [4.78, 5) is 0. The van der Waals surface area contributed by atoms with Crippen molar-refractivity contribution < 1.29 is 13.5 Å². The van der Waals surface area contributed by atoms with Gasteiger partial charge in [0, 0.05) is 6.08 Å². The van der Waals surface area contributed by atoms with Gasteiger partial charge >= 0.3 is 6.05 Å². The molecule has 2 nitrogen and oxygen atoms in total. The van der Waals surface area contributed by atoms with E-state index in [1.54, 1.807) is 0 Å². The third kappa shape index (κ3) is 1.46. The smallest absolute Gasteiger partial charge is 0.346 e. The van der Waals surface area contributed by atoms with E-state index >= 15 is 0 Å². The molecule has 1 rings (SSSR count). The molecule has 0 radical (unpaired) electrons. The standard InChI is InChI=1S/C6H7F2NO/c1-10-5-3-2-4-6(7,8)9-5/h2-4,9H,1H3. The number of rotatable bonds is 1. The van der Waals surface area contributed by atoms with Crippen LogP contribution in [0.25, 0.3) is 0 Å². The Bertz CT molecular complexity index is 186. The van der Waals surface area contributed by atoms with E-state index in [1.807, 2.05) is 5.32 Å². The maximum Gasteiger partial charge on any atom is 0.346 e. The highest BCUT2D eigenvalue weighted by atomic mass is 19.3. The average molecular weight is 147 g/mol. The van der Waals surface area contributed by atoms with Gasteiger partial charge in [0.1, 0.15) is 0 Å². The van der Waals surface area contributed by atoms with Gasteiger partial charge in [-0.3, -0.25) is 5.32 Å². The molecule has 10 heavy (non-hydrogen) atoms. The molecule has 1 aliphatic rings. The van der Waals surface area contributed by atoms with Crippen molar-refractivity contribution in [3.05, 3.63) is 24.1 Å². The van der Waals surface area contributed by atoms with Crippen molar-refractivity contribution >= 4 is 0 Å². The zero-order valence-corrected chi connectivity index (χ0v) is 5.40. The van der Waals surface area contributed by atoms with Gasteiger partial charge in [0.25, 0.3) is 0 Å². The van der Waals surface area contributed by atoms with Crippen molar-refractivity contribution in [2.24, 2.45) is 0 Å². The molecule has 4 heteroatoms. The van der Waals surface area contributed by atoms with Crippen LogP contribution in [0.3, 0.4) is 0 Å². The van der Waals surface area contributed by atoms with Crippen LogP contribution in [-0.2, 0) is 4.74 Å². The normalized spacial score (nSPS) is 21.3. The first-order valence-electron chi connectivity index (χ1n) is 2.73. The highest BCUT2D eigenvalue weighted by Gasteiger charge is 2.27. The summed E-state index contributed by atoms with van der Waals surface area (Å²) < 4.78 is 29.2. The summed E-state index contributed by atoms with van der Waals surface area (Å²) in [6.07, 6.45) is 3.43. The Hall–Kier alpha value is -1.06. The molecule has 0 saturated heterocycles. The Kier molecular flexibility index (Phi) is 1.61. The van der Waals surface area contributed by atoms with E-state index in [0.29, 0.717) is 0 Å². The van der Waals surface area contributed by atoms with E-state index in [0.717, 1.165) is 6.08 Å². The van der Waals surface area contributed by atoms with Crippen LogP contribution in [0.1, 0.15) is 0 Å². The predicted molar refractivity (Wildman–Crippen MR) is 32.3 cm³/mol. The fourth-order valence-electron chi connectivity index (χ4n) is 0.623. The molecule has 0 unspecified atom stereocenters. The average Bonchev–Trinajstić information content (AvgIpc) is 1.86. The van der Waals surface area contributed by atoms with Gasteiger partial charge in [0.2, 0.25) is 0 Å². The fourth-order valence-corrected chi connectivity index (χ4v) is 0.623. The van der Waals surface area contributed by atoms with Crippen molar-refractivity contribution in [2.45, 2.75) is 6.05 Å². The second kappa shape index (κ2) is 2.28. The summed E-state index contributed by atoms with van der Waals surface area (Å²) in [6, 6.07) is -2.97. The number of dihydropyridines is 1. The Labute approximate surface area is 57.2 Å². The lowest BCUT2D eigenvalue weighted by atomic mass is 10.3. The van der Waals surface area contributed by atoms with E-state index in [1.165, 1.54) is 19.3 Å². The van der Waals surface area contributed by atoms with Gasteiger partial charge in [-0.2, -0.15) is 8.78 Å². The fraction of sp³-hybridized carbons (Fsp3) is 0.333. The molecule has 0 spiro atoms. The second-order valence-corrected chi connectivity index (χ2v) is 1.84. The molecule has 0 atom stereocenters. The molecule has 1 heterocycles. The van der Waals surface area contributed by atoms with Crippen LogP contribution in [0.5, 0.6) is 0 Å². The molecule has 0 aromatic heterocycles. The summed E-state index contributed by atoms with van der Waals surface area (Å²) in [5.74, 6) is 0.0764. The van der Waals surface area contributed by atoms with Crippen LogP contribution in [0.4, 0.5) is 8.78 Å². The molecule has 0 saturated carbocycles. The molecule has 0 amide bonds. The minimum absolute atomic E-state index is 0.0764. The highest BCUT2D eigenvalue weighted by Crippen LogP contribution is 2.16. The zero-order chi connectivity index (χ0) is 7.61. The van der Waals surface area contributed by atoms with Gasteiger partial charge in [0.05, 0.1) is 7.11 Å². The molecular formula is C6H7F2NO. The monoisotopic (exact) mass is 147 g/mol. The van der Waals surface area contributed by atoms with E-state index in [2.05, 4.69) is 4.74 Å². The Balaban J connectivity index is 2.68. The summed E-state index contributed by atoms with van der Waals surface area (Å²) in [5, 5.41) is 1.86. The quantitative estimate of drug-likeness (QED) is 0.563. The number of hydrogen-bond donors (Lipinski definition) is 1. The first-order valence-corrected chi connectivity index (χ1v) is 2.73. The van der Waals surface area contributed by atoms with Crippen LogP contribution in [-0.4, -0.2) is 13.2 Å². The Morgan fingerprint density at radius 1 is 1.60 bits per heavy atom. The first-order chi connectivity index (χ1) is 4.64. The summed E-state index contributed by atoms with van der Waals surface area (Å²) >= 11 is 0. The molecule has 1 aliphatic heterocycles. The largest absolute Gasteiger partial charge is 0.482 e. The predicted octanol–water partition coefficient (Wildman–Crippen LogP) is 1.23. The summed E-state index contributed by atoms with van der Waals surface area (Å²) in [5.41, 5.74) is 0. The number of methoxy groups -OCH3 is 1. The van der Waals surface area contributed by atoms with Gasteiger partial charge in [0.15, 0.2) is 5.88 Å². The van der Waals surface area contributed by atoms with Crippen molar-refractivity contribution in [1.82, 2.24) is 5.32 Å². The van der Waals surface area contributed by atoms with E-state index in [4.69, 9.17) is 0 Å². The number of halogens is 2. The van der Waals surface area contributed by atoms with Crippen LogP contribution in [0, 0.1) is 0 Å². The SMILES string of the molecule is COC1=CC=CC(F)(F)N1. The Morgan fingerprint density at radius 2 is 2.30 bits per heavy atom. The molecule has 0 aromatic rings. The summed E-state index contributed by atoms with van der Waals surface area (Å²) in [6.45, 7) is 0. The molecule has 0 aliphatic carbocycles. The lowest BCUT2D eigenvalue weighted by molar-refractivity contribution is 0.00745. The molecular weight excluding hydrogens is 140 g/mol. The highest BCUT2D eigenvalue weighted by molar-refractivity contribution is 5.16. The zero-order valence-electron chi connectivity index (χ0n) is 5.40. The molecule has 0 aromatic carbocycles. The number of hydrogen-bond acceptors (Lipinski definition) is 2. The third-order valence-electron chi connectivity index (χ3n) is 1.06. The van der Waals surface area contributed by atoms with Crippen LogP contribution < -0.4 is 5.32 Å². The van der Waals surface area contributed by atoms with E-state index in [9.17, 15) is 8.78 Å². The molecule has 0 fully saturated rings. The van der Waals surface area contributed by atoms with Crippen molar-refractivity contribution in [3.8, 4) is 0 Å². The number of allylic oxidation sites excluding steroid dienone is 2. The minimum Gasteiger partial charge on any atom is -0.482 e. The van der Waals surface area contributed by atoms with E-state index in [-0.39, 0.29) is 5.88 Å². The van der Waals surface area contributed by atoms with Gasteiger partial charge in [-0.1, -0.05) is 6.08 Å². The van der Waals surface area contributed by atoms with Gasteiger partial charge in [-0.15, -0.1) is 0 Å². The lowest BCUT2D eigenvalue weighted by Gasteiger charge is -2.18. The molecule has 56 valence electrons. The first kappa shape index (κ1) is 7.05. The summed E-state index contributed by atoms with van der Waals surface area (Å²) in [7, 11) is 1.33. The number of ether oxygens (including phenoxy) is 1. The lowest BCUT2D eigenvalue weighted by Crippen LogP contribution is -2.35. The number of alkyl halides is 2. The molecule has 0 bridgehead atoms. The Morgan fingerprint density at radius 3 is 2.70 bits per heavy atom. The maximum atomic E-state index is 12.3. The molecule has 1 N–H and O–H groups in total. The topological polar surface area (TPSA) is 21.3 Å². The van der Waals surface area contributed by atoms with Gasteiger partial charge in [-0.25, -0.2) is 0 Å². The minimum atomic E-state index is -2.97. The van der Waals surface area contributed by atoms with Crippen molar-refractivity contribution in [3.63, 3.8) is 0 Å². The van der Waals surface area contributed by atoms with E-state index < -0.39 is 6.05 Å². The van der Waals surface area contributed by atoms with Crippen LogP contribution in [0.15, 0.2) is 24.1 Å². The van der Waals surface area contributed by atoms with Crippen molar-refractivity contribution in [1.29, 1.82) is 0 Å². The second-order valence-electron chi connectivity index (χ2n) is 1.84. The maximum absolute atomic E-state index is 12.3. The van der Waals surface area contributed by atoms with Gasteiger partial charge in [-0.05, 0) is 6.08 Å².